The summed E-state index contributed by atoms with van der Waals surface area (Å²) >= 11 is 6.90. The fraction of sp³-hybridized carbons (Fsp3) is 0.333. The molecule has 0 spiro atoms. The number of amides is 1. The van der Waals surface area contributed by atoms with Gasteiger partial charge in [0.1, 0.15) is 10.1 Å². The van der Waals surface area contributed by atoms with Crippen molar-refractivity contribution in [3.63, 3.8) is 0 Å². The Bertz CT molecular complexity index is 883. The molecule has 2 aromatic rings. The Morgan fingerprint density at radius 3 is 2.21 bits per heavy atom. The molecular formula is C21H23NO4S2. The van der Waals surface area contributed by atoms with Crippen LogP contribution in [0.4, 0.5) is 0 Å². The second kappa shape index (κ2) is 8.84. The number of thiocarbonyl (C=S) groups is 1. The number of hydrogen-bond donors (Lipinski definition) is 0. The molecule has 0 aliphatic carbocycles. The number of methoxy groups -OCH3 is 3. The van der Waals surface area contributed by atoms with E-state index in [9.17, 15) is 4.79 Å². The fourth-order valence-corrected chi connectivity index (χ4v) is 4.62. The summed E-state index contributed by atoms with van der Waals surface area (Å²) in [6.45, 7) is 2.53. The van der Waals surface area contributed by atoms with Gasteiger partial charge < -0.3 is 14.2 Å². The zero-order valence-corrected chi connectivity index (χ0v) is 18.0. The molecule has 1 heterocycles. The van der Waals surface area contributed by atoms with Gasteiger partial charge in [0.05, 0.1) is 33.1 Å². The largest absolute Gasteiger partial charge is 0.496 e. The quantitative estimate of drug-likeness (QED) is 0.635. The van der Waals surface area contributed by atoms with Gasteiger partial charge in [0.25, 0.3) is 0 Å². The van der Waals surface area contributed by atoms with E-state index < -0.39 is 0 Å². The van der Waals surface area contributed by atoms with Crippen molar-refractivity contribution < 1.29 is 19.0 Å². The summed E-state index contributed by atoms with van der Waals surface area (Å²) in [5.74, 6) is 1.87. The highest BCUT2D eigenvalue weighted by molar-refractivity contribution is 8.24. The number of carbonyl (C=O) groups excluding carboxylic acids is 1. The average molecular weight is 418 g/mol. The fourth-order valence-electron chi connectivity index (χ4n) is 3.10. The van der Waals surface area contributed by atoms with E-state index in [4.69, 9.17) is 26.4 Å². The van der Waals surface area contributed by atoms with Crippen LogP contribution in [0, 0.1) is 6.92 Å². The van der Waals surface area contributed by atoms with Gasteiger partial charge in [-0.2, -0.15) is 0 Å². The van der Waals surface area contributed by atoms with Crippen LogP contribution in [0.1, 0.15) is 16.7 Å². The molecule has 0 saturated carbocycles. The van der Waals surface area contributed by atoms with E-state index in [1.807, 2.05) is 37.3 Å². The second-order valence-electron chi connectivity index (χ2n) is 6.51. The van der Waals surface area contributed by atoms with Crippen LogP contribution in [-0.4, -0.2) is 41.7 Å². The Labute approximate surface area is 175 Å². The first-order chi connectivity index (χ1) is 13.5. The first-order valence-electron chi connectivity index (χ1n) is 8.83. The molecule has 1 aliphatic rings. The van der Waals surface area contributed by atoms with Gasteiger partial charge in [-0.25, -0.2) is 0 Å². The van der Waals surface area contributed by atoms with Gasteiger partial charge >= 0.3 is 0 Å². The number of aryl methyl sites for hydroxylation is 1. The number of benzene rings is 2. The molecule has 0 bridgehead atoms. The second-order valence-corrected chi connectivity index (χ2v) is 8.34. The summed E-state index contributed by atoms with van der Waals surface area (Å²) in [6.07, 6.45) is 0.498. The van der Waals surface area contributed by atoms with Gasteiger partial charge in [0, 0.05) is 6.07 Å². The minimum Gasteiger partial charge on any atom is -0.496 e. The molecule has 1 aliphatic heterocycles. The lowest BCUT2D eigenvalue weighted by molar-refractivity contribution is -0.126. The summed E-state index contributed by atoms with van der Waals surface area (Å²) in [5.41, 5.74) is 3.13. The number of ether oxygens (including phenoxy) is 3. The highest BCUT2D eigenvalue weighted by Gasteiger charge is 2.37. The average Bonchev–Trinajstić information content (AvgIpc) is 2.96. The first kappa shape index (κ1) is 20.5. The van der Waals surface area contributed by atoms with E-state index in [-0.39, 0.29) is 11.2 Å². The van der Waals surface area contributed by atoms with Gasteiger partial charge in [-0.05, 0) is 30.5 Å². The van der Waals surface area contributed by atoms with Crippen LogP contribution in [0.3, 0.4) is 0 Å². The predicted molar refractivity (Wildman–Crippen MR) is 116 cm³/mol. The molecule has 148 valence electrons. The zero-order valence-electron chi connectivity index (χ0n) is 16.4. The van der Waals surface area contributed by atoms with E-state index in [1.165, 1.54) is 17.3 Å². The minimum atomic E-state index is -0.287. The third-order valence-electron chi connectivity index (χ3n) is 4.66. The standard InChI is InChI=1S/C21H23NO4S2/c1-13-5-7-14(8-6-13)12-22-20(23)19(28-21(22)27)10-15-9-17(25-3)18(26-4)11-16(15)24-2/h5-9,11,19H,10,12H2,1-4H3/t19-/m1/s1. The Hall–Kier alpha value is -2.25. The smallest absolute Gasteiger partial charge is 0.242 e. The van der Waals surface area contributed by atoms with Crippen molar-refractivity contribution >= 4 is 34.2 Å². The minimum absolute atomic E-state index is 0.0208. The normalized spacial score (nSPS) is 16.4. The molecule has 3 rings (SSSR count). The maximum absolute atomic E-state index is 13.0. The van der Waals surface area contributed by atoms with Crippen LogP contribution in [0.15, 0.2) is 36.4 Å². The van der Waals surface area contributed by atoms with Crippen LogP contribution < -0.4 is 14.2 Å². The Morgan fingerprint density at radius 1 is 1.00 bits per heavy atom. The molecule has 1 fully saturated rings. The Morgan fingerprint density at radius 2 is 1.61 bits per heavy atom. The maximum Gasteiger partial charge on any atom is 0.242 e. The molecule has 0 unspecified atom stereocenters. The lowest BCUT2D eigenvalue weighted by Gasteiger charge is -2.17. The van der Waals surface area contributed by atoms with Crippen LogP contribution >= 0.6 is 24.0 Å². The topological polar surface area (TPSA) is 48.0 Å². The van der Waals surface area contributed by atoms with Crippen molar-refractivity contribution in [2.24, 2.45) is 0 Å². The van der Waals surface area contributed by atoms with E-state index in [2.05, 4.69) is 0 Å². The highest BCUT2D eigenvalue weighted by Crippen LogP contribution is 2.38. The van der Waals surface area contributed by atoms with Crippen molar-refractivity contribution in [2.75, 3.05) is 21.3 Å². The molecule has 5 nitrogen and oxygen atoms in total. The lowest BCUT2D eigenvalue weighted by Crippen LogP contribution is -2.31. The summed E-state index contributed by atoms with van der Waals surface area (Å²) in [4.78, 5) is 14.7. The number of rotatable bonds is 7. The lowest BCUT2D eigenvalue weighted by atomic mass is 10.1. The van der Waals surface area contributed by atoms with Gasteiger partial charge in [0.15, 0.2) is 11.5 Å². The molecule has 1 saturated heterocycles. The van der Waals surface area contributed by atoms with Crippen LogP contribution in [0.2, 0.25) is 0 Å². The van der Waals surface area contributed by atoms with Gasteiger partial charge in [-0.1, -0.05) is 53.8 Å². The monoisotopic (exact) mass is 417 g/mol. The van der Waals surface area contributed by atoms with Gasteiger partial charge in [-0.3, -0.25) is 9.69 Å². The van der Waals surface area contributed by atoms with Crippen molar-refractivity contribution in [1.29, 1.82) is 0 Å². The summed E-state index contributed by atoms with van der Waals surface area (Å²) in [7, 11) is 4.76. The van der Waals surface area contributed by atoms with Crippen LogP contribution in [0.25, 0.3) is 0 Å². The van der Waals surface area contributed by atoms with Gasteiger partial charge in [-0.15, -0.1) is 0 Å². The summed E-state index contributed by atoms with van der Waals surface area (Å²) < 4.78 is 16.8. The molecular weight excluding hydrogens is 394 g/mol. The third-order valence-corrected chi connectivity index (χ3v) is 6.24. The summed E-state index contributed by atoms with van der Waals surface area (Å²) in [5, 5.41) is -0.287. The molecule has 1 amide bonds. The van der Waals surface area contributed by atoms with Crippen molar-refractivity contribution in [2.45, 2.75) is 25.1 Å². The predicted octanol–water partition coefficient (Wildman–Crippen LogP) is 3.99. The van der Waals surface area contributed by atoms with E-state index in [1.54, 1.807) is 32.3 Å². The highest BCUT2D eigenvalue weighted by atomic mass is 32.2. The zero-order chi connectivity index (χ0) is 20.3. The number of carbonyl (C=O) groups is 1. The third kappa shape index (κ3) is 4.25. The molecule has 1 atom stereocenters. The molecule has 2 aromatic carbocycles. The first-order valence-corrected chi connectivity index (χ1v) is 10.1. The maximum atomic E-state index is 13.0. The molecule has 7 heteroatoms. The van der Waals surface area contributed by atoms with Crippen molar-refractivity contribution in [1.82, 2.24) is 4.90 Å². The number of hydrogen-bond acceptors (Lipinski definition) is 6. The SMILES string of the molecule is COc1cc(OC)c(OC)cc1C[C@H]1SC(=S)N(Cc2ccc(C)cc2)C1=O. The van der Waals surface area contributed by atoms with Crippen LogP contribution in [-0.2, 0) is 17.8 Å². The summed E-state index contributed by atoms with van der Waals surface area (Å²) in [6, 6.07) is 11.8. The molecule has 0 N–H and O–H groups in total. The van der Waals surface area contributed by atoms with E-state index in [0.29, 0.717) is 34.5 Å². The van der Waals surface area contributed by atoms with E-state index >= 15 is 0 Å². The van der Waals surface area contributed by atoms with Crippen molar-refractivity contribution in [3.8, 4) is 17.2 Å². The Kier molecular flexibility index (Phi) is 6.46. The molecule has 0 aromatic heterocycles. The van der Waals surface area contributed by atoms with Crippen molar-refractivity contribution in [3.05, 3.63) is 53.1 Å². The van der Waals surface area contributed by atoms with Crippen LogP contribution in [0.5, 0.6) is 17.2 Å². The molecule has 28 heavy (non-hydrogen) atoms. The van der Waals surface area contributed by atoms with E-state index in [0.717, 1.165) is 11.1 Å². The Balaban J connectivity index is 1.79. The number of nitrogens with zero attached hydrogens (tertiary/aromatic N) is 1. The number of thioether (sulfide) groups is 1. The molecule has 0 radical (unpaired) electrons. The van der Waals surface area contributed by atoms with Gasteiger partial charge in [0.2, 0.25) is 5.91 Å².